The lowest BCUT2D eigenvalue weighted by atomic mass is 9.77. The normalized spacial score (nSPS) is 25.1. The number of halogens is 2. The SMILES string of the molecule is CCOC(=O)c1coc(N2CCO[C@H]([C@]34CC[C@H](C3)c3cc(-c5c(F)cccc5F)nnc34)C2)n1. The summed E-state index contributed by atoms with van der Waals surface area (Å²) in [5, 5.41) is 8.75. The van der Waals surface area contributed by atoms with Crippen molar-refractivity contribution in [2.75, 3.05) is 31.2 Å². The van der Waals surface area contributed by atoms with Gasteiger partial charge in [-0.25, -0.2) is 13.6 Å². The summed E-state index contributed by atoms with van der Waals surface area (Å²) in [4.78, 5) is 18.3. The third-order valence-electron chi connectivity index (χ3n) is 7.43. The highest BCUT2D eigenvalue weighted by atomic mass is 19.1. The van der Waals surface area contributed by atoms with E-state index in [1.165, 1.54) is 24.5 Å². The molecule has 0 amide bonds. The van der Waals surface area contributed by atoms with E-state index in [2.05, 4.69) is 15.2 Å². The van der Waals surface area contributed by atoms with Gasteiger partial charge < -0.3 is 18.8 Å². The number of anilines is 1. The van der Waals surface area contributed by atoms with Crippen LogP contribution < -0.4 is 4.90 Å². The number of benzene rings is 1. The molecular formula is C25H24F2N4O4. The summed E-state index contributed by atoms with van der Waals surface area (Å²) in [5.41, 5.74) is 1.69. The quantitative estimate of drug-likeness (QED) is 0.504. The molecule has 0 radical (unpaired) electrons. The number of hydrogen-bond acceptors (Lipinski definition) is 8. The third-order valence-corrected chi connectivity index (χ3v) is 7.43. The zero-order valence-corrected chi connectivity index (χ0v) is 19.2. The van der Waals surface area contributed by atoms with E-state index >= 15 is 0 Å². The Morgan fingerprint density at radius 2 is 2.11 bits per heavy atom. The zero-order valence-electron chi connectivity index (χ0n) is 19.2. The maximum absolute atomic E-state index is 14.4. The van der Waals surface area contributed by atoms with Gasteiger partial charge in [-0.3, -0.25) is 0 Å². The van der Waals surface area contributed by atoms with E-state index in [0.29, 0.717) is 25.7 Å². The molecule has 0 unspecified atom stereocenters. The molecule has 0 spiro atoms. The number of carbonyl (C=O) groups is 1. The minimum Gasteiger partial charge on any atom is -0.461 e. The molecule has 1 aliphatic heterocycles. The van der Waals surface area contributed by atoms with Crippen LogP contribution in [0.3, 0.4) is 0 Å². The summed E-state index contributed by atoms with van der Waals surface area (Å²) in [6.07, 6.45) is 3.81. The first-order valence-corrected chi connectivity index (χ1v) is 11.8. The van der Waals surface area contributed by atoms with Crippen LogP contribution in [-0.2, 0) is 14.9 Å². The molecule has 2 aromatic heterocycles. The molecule has 3 aliphatic rings. The van der Waals surface area contributed by atoms with Crippen molar-refractivity contribution < 1.29 is 27.5 Å². The Labute approximate surface area is 200 Å². The summed E-state index contributed by atoms with van der Waals surface area (Å²) >= 11 is 0. The van der Waals surface area contributed by atoms with E-state index in [1.807, 2.05) is 4.90 Å². The average Bonchev–Trinajstić information content (AvgIpc) is 3.60. The second-order valence-electron chi connectivity index (χ2n) is 9.27. The Bertz CT molecular complexity index is 1280. The summed E-state index contributed by atoms with van der Waals surface area (Å²) in [5.74, 6) is -1.59. The predicted octanol–water partition coefficient (Wildman–Crippen LogP) is 4.01. The molecule has 3 atom stereocenters. The van der Waals surface area contributed by atoms with Gasteiger partial charge in [0.05, 0.1) is 36.3 Å². The Morgan fingerprint density at radius 1 is 1.29 bits per heavy atom. The van der Waals surface area contributed by atoms with Crippen molar-refractivity contribution in [2.24, 2.45) is 0 Å². The van der Waals surface area contributed by atoms with Crippen LogP contribution in [0.15, 0.2) is 34.9 Å². The van der Waals surface area contributed by atoms with Crippen molar-refractivity contribution in [3.63, 3.8) is 0 Å². The van der Waals surface area contributed by atoms with E-state index in [9.17, 15) is 13.6 Å². The van der Waals surface area contributed by atoms with Crippen molar-refractivity contribution in [1.82, 2.24) is 15.2 Å². The van der Waals surface area contributed by atoms with Crippen molar-refractivity contribution in [1.29, 1.82) is 0 Å². The van der Waals surface area contributed by atoms with E-state index in [0.717, 1.165) is 30.5 Å². The average molecular weight is 482 g/mol. The molecule has 182 valence electrons. The monoisotopic (exact) mass is 482 g/mol. The summed E-state index contributed by atoms with van der Waals surface area (Å²) in [7, 11) is 0. The Morgan fingerprint density at radius 3 is 2.91 bits per heavy atom. The number of hydrogen-bond donors (Lipinski definition) is 0. The van der Waals surface area contributed by atoms with Crippen LogP contribution in [0.2, 0.25) is 0 Å². The minimum absolute atomic E-state index is 0.133. The molecule has 8 nitrogen and oxygen atoms in total. The van der Waals surface area contributed by atoms with Gasteiger partial charge in [0, 0.05) is 18.5 Å². The van der Waals surface area contributed by atoms with Gasteiger partial charge in [0.15, 0.2) is 5.69 Å². The third kappa shape index (κ3) is 3.50. The molecule has 3 aromatic rings. The summed E-state index contributed by atoms with van der Waals surface area (Å²) < 4.78 is 45.5. The van der Waals surface area contributed by atoms with Crippen molar-refractivity contribution >= 4 is 12.0 Å². The lowest BCUT2D eigenvalue weighted by molar-refractivity contribution is -0.0145. The second kappa shape index (κ2) is 8.37. The van der Waals surface area contributed by atoms with Gasteiger partial charge in [-0.15, -0.1) is 0 Å². The lowest BCUT2D eigenvalue weighted by Crippen LogP contribution is -2.52. The number of aromatic nitrogens is 3. The fourth-order valence-electron chi connectivity index (χ4n) is 5.84. The fraction of sp³-hybridized carbons (Fsp3) is 0.440. The fourth-order valence-corrected chi connectivity index (χ4v) is 5.84. The first-order chi connectivity index (χ1) is 17.0. The highest BCUT2D eigenvalue weighted by Gasteiger charge is 2.56. The number of rotatable bonds is 5. The minimum atomic E-state index is -0.656. The molecule has 2 bridgehead atoms. The first kappa shape index (κ1) is 22.1. The molecule has 35 heavy (non-hydrogen) atoms. The number of morpholine rings is 1. The zero-order chi connectivity index (χ0) is 24.2. The van der Waals surface area contributed by atoms with Gasteiger partial charge in [-0.1, -0.05) is 6.07 Å². The van der Waals surface area contributed by atoms with Crippen LogP contribution >= 0.6 is 0 Å². The molecule has 10 heteroatoms. The Kier molecular flexibility index (Phi) is 5.28. The van der Waals surface area contributed by atoms with Gasteiger partial charge in [0.2, 0.25) is 0 Å². The van der Waals surface area contributed by atoms with Gasteiger partial charge >= 0.3 is 5.97 Å². The molecule has 3 heterocycles. The van der Waals surface area contributed by atoms with E-state index in [1.54, 1.807) is 13.0 Å². The Balaban J connectivity index is 1.29. The molecule has 0 N–H and O–H groups in total. The van der Waals surface area contributed by atoms with Crippen molar-refractivity contribution in [3.05, 3.63) is 59.1 Å². The number of ether oxygens (including phenoxy) is 2. The van der Waals surface area contributed by atoms with Crippen LogP contribution in [0.5, 0.6) is 0 Å². The number of fused-ring (bicyclic) bond motifs is 5. The maximum atomic E-state index is 14.4. The second-order valence-corrected chi connectivity index (χ2v) is 9.27. The maximum Gasteiger partial charge on any atom is 0.360 e. The van der Waals surface area contributed by atoms with Gasteiger partial charge in [-0.05, 0) is 55.9 Å². The molecular weight excluding hydrogens is 458 g/mol. The predicted molar refractivity (Wildman–Crippen MR) is 120 cm³/mol. The molecule has 2 fully saturated rings. The van der Waals surface area contributed by atoms with E-state index in [4.69, 9.17) is 13.9 Å². The molecule has 1 aromatic carbocycles. The van der Waals surface area contributed by atoms with Crippen LogP contribution in [0.25, 0.3) is 11.3 Å². The van der Waals surface area contributed by atoms with Crippen LogP contribution in [-0.4, -0.2) is 53.6 Å². The lowest BCUT2D eigenvalue weighted by Gasteiger charge is -2.41. The topological polar surface area (TPSA) is 90.6 Å². The van der Waals surface area contributed by atoms with Crippen LogP contribution in [0.4, 0.5) is 14.8 Å². The number of oxazole rings is 1. The van der Waals surface area contributed by atoms with Crippen molar-refractivity contribution in [3.8, 4) is 11.3 Å². The van der Waals surface area contributed by atoms with Crippen LogP contribution in [0, 0.1) is 11.6 Å². The molecule has 2 aliphatic carbocycles. The summed E-state index contributed by atoms with van der Waals surface area (Å²) in [6.45, 7) is 3.55. The summed E-state index contributed by atoms with van der Waals surface area (Å²) in [6, 6.07) is 5.92. The highest BCUT2D eigenvalue weighted by Crippen LogP contribution is 2.59. The Hall–Kier alpha value is -3.40. The molecule has 1 saturated heterocycles. The van der Waals surface area contributed by atoms with Crippen molar-refractivity contribution in [2.45, 2.75) is 43.6 Å². The standard InChI is InChI=1S/C25H24F2N4O4/c1-2-33-23(32)19-13-35-24(28-19)31-8-9-34-20(12-31)25-7-6-14(11-25)15-10-18(29-30-22(15)25)21-16(26)4-3-5-17(21)27/h3-5,10,13-14,20H,2,6-9,11-12H2,1H3/t14-,20+,25+/m1/s1. The van der Waals surface area contributed by atoms with E-state index < -0.39 is 17.6 Å². The van der Waals surface area contributed by atoms with E-state index in [-0.39, 0.29) is 41.0 Å². The van der Waals surface area contributed by atoms with Gasteiger partial charge in [0.1, 0.15) is 17.9 Å². The van der Waals surface area contributed by atoms with Gasteiger partial charge in [-0.2, -0.15) is 15.2 Å². The highest BCUT2D eigenvalue weighted by molar-refractivity contribution is 5.87. The molecule has 6 rings (SSSR count). The number of nitrogens with zero attached hydrogens (tertiary/aromatic N) is 4. The number of carbonyl (C=O) groups excluding carboxylic acids is 1. The number of esters is 1. The van der Waals surface area contributed by atoms with Crippen LogP contribution in [0.1, 0.15) is 53.8 Å². The molecule has 1 saturated carbocycles. The smallest absolute Gasteiger partial charge is 0.360 e. The first-order valence-electron chi connectivity index (χ1n) is 11.8. The largest absolute Gasteiger partial charge is 0.461 e. The van der Waals surface area contributed by atoms with Gasteiger partial charge in [0.25, 0.3) is 6.01 Å².